The van der Waals surface area contributed by atoms with Crippen molar-refractivity contribution >= 4 is 17.4 Å². The standard InChI is InChI=1S/C14H19N3O2/c1-9-6-10(2)8-11(7-9)16-13(18)14(4-3-5-14)12(15)17-19/h6-8,19H,3-5H2,1-2H3,(H2,15,17)(H,16,18). The van der Waals surface area contributed by atoms with Gasteiger partial charge in [-0.2, -0.15) is 0 Å². The number of carbonyl (C=O) groups is 1. The molecule has 1 fully saturated rings. The summed E-state index contributed by atoms with van der Waals surface area (Å²) in [5.41, 5.74) is 7.75. The van der Waals surface area contributed by atoms with Crippen molar-refractivity contribution in [3.8, 4) is 0 Å². The second-order valence-corrected chi connectivity index (χ2v) is 5.25. The van der Waals surface area contributed by atoms with Crippen LogP contribution in [0.25, 0.3) is 0 Å². The third-order valence-corrected chi connectivity index (χ3v) is 3.72. The summed E-state index contributed by atoms with van der Waals surface area (Å²) in [5.74, 6) is -0.195. The summed E-state index contributed by atoms with van der Waals surface area (Å²) < 4.78 is 0. The fourth-order valence-corrected chi connectivity index (χ4v) is 2.52. The van der Waals surface area contributed by atoms with E-state index in [1.165, 1.54) is 0 Å². The highest BCUT2D eigenvalue weighted by Crippen LogP contribution is 2.42. The number of hydrogen-bond donors (Lipinski definition) is 3. The van der Waals surface area contributed by atoms with E-state index < -0.39 is 5.41 Å². The van der Waals surface area contributed by atoms with Gasteiger partial charge in [0.15, 0.2) is 5.84 Å². The Kier molecular flexibility index (Phi) is 3.46. The maximum Gasteiger partial charge on any atom is 0.238 e. The average Bonchev–Trinajstić information content (AvgIpc) is 2.25. The highest BCUT2D eigenvalue weighted by Gasteiger charge is 2.48. The van der Waals surface area contributed by atoms with Crippen LogP contribution < -0.4 is 11.1 Å². The molecule has 4 N–H and O–H groups in total. The lowest BCUT2D eigenvalue weighted by atomic mass is 9.67. The number of nitrogens with one attached hydrogen (secondary N) is 1. The fourth-order valence-electron chi connectivity index (χ4n) is 2.52. The molecule has 1 saturated carbocycles. The zero-order valence-corrected chi connectivity index (χ0v) is 11.2. The Balaban J connectivity index is 2.21. The van der Waals surface area contributed by atoms with Crippen molar-refractivity contribution in [3.63, 3.8) is 0 Å². The number of oxime groups is 1. The molecular formula is C14H19N3O2. The first-order chi connectivity index (χ1) is 8.98. The molecule has 0 bridgehead atoms. The molecule has 0 aromatic heterocycles. The van der Waals surface area contributed by atoms with Crippen LogP contribution >= 0.6 is 0 Å². The number of aryl methyl sites for hydroxylation is 2. The molecule has 5 nitrogen and oxygen atoms in total. The molecule has 0 spiro atoms. The molecule has 102 valence electrons. The number of anilines is 1. The van der Waals surface area contributed by atoms with Crippen molar-refractivity contribution in [3.05, 3.63) is 29.3 Å². The van der Waals surface area contributed by atoms with Crippen molar-refractivity contribution in [2.45, 2.75) is 33.1 Å². The third kappa shape index (κ3) is 2.41. The van der Waals surface area contributed by atoms with Gasteiger partial charge in [-0.3, -0.25) is 4.79 Å². The smallest absolute Gasteiger partial charge is 0.238 e. The highest BCUT2D eigenvalue weighted by molar-refractivity contribution is 6.12. The van der Waals surface area contributed by atoms with Crippen molar-refractivity contribution in [1.29, 1.82) is 0 Å². The Labute approximate surface area is 112 Å². The monoisotopic (exact) mass is 261 g/mol. The van der Waals surface area contributed by atoms with E-state index in [0.717, 1.165) is 23.2 Å². The molecule has 0 aliphatic heterocycles. The summed E-state index contributed by atoms with van der Waals surface area (Å²) in [6, 6.07) is 5.85. The molecular weight excluding hydrogens is 242 g/mol. The van der Waals surface area contributed by atoms with Crippen LogP contribution in [0.15, 0.2) is 23.4 Å². The Bertz CT molecular complexity index is 513. The van der Waals surface area contributed by atoms with Gasteiger partial charge in [0.1, 0.15) is 5.41 Å². The van der Waals surface area contributed by atoms with Gasteiger partial charge in [0, 0.05) is 5.69 Å². The van der Waals surface area contributed by atoms with Gasteiger partial charge in [-0.15, -0.1) is 0 Å². The first kappa shape index (κ1) is 13.4. The van der Waals surface area contributed by atoms with Gasteiger partial charge in [0.25, 0.3) is 0 Å². The molecule has 2 rings (SSSR count). The minimum absolute atomic E-state index is 0.000579. The predicted molar refractivity (Wildman–Crippen MR) is 74.2 cm³/mol. The Hall–Kier alpha value is -2.04. The number of amidine groups is 1. The van der Waals surface area contributed by atoms with E-state index in [9.17, 15) is 4.79 Å². The quantitative estimate of drug-likeness (QED) is 0.337. The summed E-state index contributed by atoms with van der Waals surface area (Å²) in [5, 5.41) is 14.7. The lowest BCUT2D eigenvalue weighted by Gasteiger charge is -2.38. The number of nitrogens with zero attached hydrogens (tertiary/aromatic N) is 1. The van der Waals surface area contributed by atoms with Crippen LogP contribution in [0.4, 0.5) is 5.69 Å². The fraction of sp³-hybridized carbons (Fsp3) is 0.429. The second kappa shape index (κ2) is 4.91. The average molecular weight is 261 g/mol. The van der Waals surface area contributed by atoms with Gasteiger partial charge in [-0.05, 0) is 49.9 Å². The van der Waals surface area contributed by atoms with Crippen LogP contribution in [0.3, 0.4) is 0 Å². The third-order valence-electron chi connectivity index (χ3n) is 3.72. The van der Waals surface area contributed by atoms with E-state index in [0.29, 0.717) is 12.8 Å². The molecule has 0 unspecified atom stereocenters. The number of nitrogens with two attached hydrogens (primary N) is 1. The molecule has 0 heterocycles. The van der Waals surface area contributed by atoms with E-state index in [4.69, 9.17) is 10.9 Å². The molecule has 0 atom stereocenters. The van der Waals surface area contributed by atoms with Crippen LogP contribution in [0, 0.1) is 19.3 Å². The molecule has 5 heteroatoms. The molecule has 1 aliphatic carbocycles. The van der Waals surface area contributed by atoms with E-state index in [2.05, 4.69) is 10.5 Å². The Morgan fingerprint density at radius 1 is 1.32 bits per heavy atom. The first-order valence-corrected chi connectivity index (χ1v) is 6.36. The van der Waals surface area contributed by atoms with Gasteiger partial charge in [-0.25, -0.2) is 0 Å². The zero-order valence-electron chi connectivity index (χ0n) is 11.2. The number of carbonyl (C=O) groups excluding carboxylic acids is 1. The largest absolute Gasteiger partial charge is 0.409 e. The summed E-state index contributed by atoms with van der Waals surface area (Å²) in [6.45, 7) is 3.95. The first-order valence-electron chi connectivity index (χ1n) is 6.36. The predicted octanol–water partition coefficient (Wildman–Crippen LogP) is 2.16. The van der Waals surface area contributed by atoms with Gasteiger partial charge in [0.05, 0.1) is 0 Å². The van der Waals surface area contributed by atoms with E-state index in [-0.39, 0.29) is 11.7 Å². The van der Waals surface area contributed by atoms with E-state index in [1.807, 2.05) is 32.0 Å². The van der Waals surface area contributed by atoms with Crippen molar-refractivity contribution in [2.24, 2.45) is 16.3 Å². The molecule has 1 aliphatic rings. The minimum Gasteiger partial charge on any atom is -0.409 e. The molecule has 1 amide bonds. The zero-order chi connectivity index (χ0) is 14.0. The summed E-state index contributed by atoms with van der Waals surface area (Å²) in [7, 11) is 0. The van der Waals surface area contributed by atoms with Crippen molar-refractivity contribution in [1.82, 2.24) is 0 Å². The van der Waals surface area contributed by atoms with Crippen LogP contribution in [0.5, 0.6) is 0 Å². The SMILES string of the molecule is Cc1cc(C)cc(NC(=O)C2(/C(N)=N/O)CCC2)c1. The summed E-state index contributed by atoms with van der Waals surface area (Å²) in [6.07, 6.45) is 2.16. The van der Waals surface area contributed by atoms with Crippen LogP contribution in [-0.2, 0) is 4.79 Å². The van der Waals surface area contributed by atoms with Crippen molar-refractivity contribution < 1.29 is 10.0 Å². The maximum absolute atomic E-state index is 12.4. The number of rotatable bonds is 3. The topological polar surface area (TPSA) is 87.7 Å². The van der Waals surface area contributed by atoms with Gasteiger partial charge >= 0.3 is 0 Å². The van der Waals surface area contributed by atoms with Crippen LogP contribution in [0.2, 0.25) is 0 Å². The second-order valence-electron chi connectivity index (χ2n) is 5.25. The Morgan fingerprint density at radius 2 is 1.89 bits per heavy atom. The van der Waals surface area contributed by atoms with Gasteiger partial charge in [0.2, 0.25) is 5.91 Å². The summed E-state index contributed by atoms with van der Waals surface area (Å²) >= 11 is 0. The van der Waals surface area contributed by atoms with Gasteiger partial charge < -0.3 is 16.3 Å². The molecule has 19 heavy (non-hydrogen) atoms. The number of hydrogen-bond acceptors (Lipinski definition) is 3. The summed E-state index contributed by atoms with van der Waals surface area (Å²) in [4.78, 5) is 12.4. The lowest BCUT2D eigenvalue weighted by Crippen LogP contribution is -2.51. The van der Waals surface area contributed by atoms with E-state index >= 15 is 0 Å². The maximum atomic E-state index is 12.4. The van der Waals surface area contributed by atoms with E-state index in [1.54, 1.807) is 0 Å². The van der Waals surface area contributed by atoms with Crippen LogP contribution in [-0.4, -0.2) is 17.0 Å². The molecule has 1 aromatic rings. The number of benzene rings is 1. The Morgan fingerprint density at radius 3 is 2.32 bits per heavy atom. The van der Waals surface area contributed by atoms with Gasteiger partial charge in [-0.1, -0.05) is 17.6 Å². The van der Waals surface area contributed by atoms with Crippen LogP contribution in [0.1, 0.15) is 30.4 Å². The highest BCUT2D eigenvalue weighted by atomic mass is 16.4. The van der Waals surface area contributed by atoms with Crippen molar-refractivity contribution in [2.75, 3.05) is 5.32 Å². The molecule has 1 aromatic carbocycles. The lowest BCUT2D eigenvalue weighted by molar-refractivity contribution is -0.125. The number of amides is 1. The molecule has 0 saturated heterocycles. The molecule has 0 radical (unpaired) electrons. The normalized spacial score (nSPS) is 17.7. The minimum atomic E-state index is -0.841.